The molecule has 0 aliphatic heterocycles. The van der Waals surface area contributed by atoms with Crippen molar-refractivity contribution in [1.29, 1.82) is 0 Å². The van der Waals surface area contributed by atoms with Crippen molar-refractivity contribution in [3.8, 4) is 0 Å². The maximum atomic E-state index is 13.2. The van der Waals surface area contributed by atoms with E-state index in [1.54, 1.807) is 6.07 Å². The average Bonchev–Trinajstić information content (AvgIpc) is 2.74. The molecule has 5 nitrogen and oxygen atoms in total. The summed E-state index contributed by atoms with van der Waals surface area (Å²) in [6.07, 6.45) is -4.64. The van der Waals surface area contributed by atoms with Gasteiger partial charge in [0.15, 0.2) is 0 Å². The molecule has 1 amide bonds. The fourth-order valence-corrected chi connectivity index (χ4v) is 4.49. The van der Waals surface area contributed by atoms with E-state index in [1.807, 2.05) is 0 Å². The molecule has 0 heterocycles. The minimum atomic E-state index is -4.64. The Morgan fingerprint density at radius 1 is 0.938 bits per heavy atom. The van der Waals surface area contributed by atoms with Crippen molar-refractivity contribution in [2.75, 3.05) is 16.2 Å². The summed E-state index contributed by atoms with van der Waals surface area (Å²) >= 11 is 11.8. The van der Waals surface area contributed by atoms with Gasteiger partial charge in [-0.05, 0) is 54.6 Å². The van der Waals surface area contributed by atoms with Crippen LogP contribution in [0.2, 0.25) is 10.0 Å². The molecule has 3 aromatic carbocycles. The summed E-state index contributed by atoms with van der Waals surface area (Å²) in [4.78, 5) is 12.6. The van der Waals surface area contributed by atoms with Crippen molar-refractivity contribution in [2.24, 2.45) is 0 Å². The number of nitrogens with one attached hydrogen (secondary N) is 1. The van der Waals surface area contributed by atoms with Crippen LogP contribution in [0, 0.1) is 0 Å². The third kappa shape index (κ3) is 5.53. The molecule has 0 aliphatic carbocycles. The number of rotatable bonds is 6. The molecule has 0 saturated carbocycles. The maximum Gasteiger partial charge on any atom is 0.416 e. The van der Waals surface area contributed by atoms with Crippen molar-refractivity contribution >= 4 is 50.5 Å². The summed E-state index contributed by atoms with van der Waals surface area (Å²) in [5, 5.41) is 2.48. The van der Waals surface area contributed by atoms with Gasteiger partial charge in [-0.1, -0.05) is 41.4 Å². The van der Waals surface area contributed by atoms with Gasteiger partial charge in [0.05, 0.1) is 26.9 Å². The predicted octanol–water partition coefficient (Wildman–Crippen LogP) is 5.85. The van der Waals surface area contributed by atoms with Crippen LogP contribution in [0.3, 0.4) is 0 Å². The summed E-state index contributed by atoms with van der Waals surface area (Å²) in [6.45, 7) is -0.717. The summed E-state index contributed by atoms with van der Waals surface area (Å²) in [7, 11) is -4.18. The molecule has 0 fully saturated rings. The molecule has 1 N–H and O–H groups in total. The van der Waals surface area contributed by atoms with E-state index in [9.17, 15) is 26.4 Å². The predicted molar refractivity (Wildman–Crippen MR) is 118 cm³/mol. The van der Waals surface area contributed by atoms with Crippen LogP contribution in [0.5, 0.6) is 0 Å². The largest absolute Gasteiger partial charge is 0.416 e. The number of hydrogen-bond acceptors (Lipinski definition) is 3. The van der Waals surface area contributed by atoms with E-state index in [-0.39, 0.29) is 21.3 Å². The highest BCUT2D eigenvalue weighted by molar-refractivity contribution is 7.92. The van der Waals surface area contributed by atoms with Gasteiger partial charge in [0.2, 0.25) is 5.91 Å². The Morgan fingerprint density at radius 2 is 1.56 bits per heavy atom. The topological polar surface area (TPSA) is 66.5 Å². The van der Waals surface area contributed by atoms with Gasteiger partial charge in [0.25, 0.3) is 10.0 Å². The van der Waals surface area contributed by atoms with Crippen molar-refractivity contribution in [3.63, 3.8) is 0 Å². The Morgan fingerprint density at radius 3 is 2.16 bits per heavy atom. The van der Waals surface area contributed by atoms with Crippen molar-refractivity contribution in [3.05, 3.63) is 88.4 Å². The molecule has 0 aliphatic rings. The van der Waals surface area contributed by atoms with Crippen molar-refractivity contribution in [1.82, 2.24) is 0 Å². The second kappa shape index (κ2) is 9.40. The molecule has 0 spiro atoms. The van der Waals surface area contributed by atoms with E-state index in [0.29, 0.717) is 11.1 Å². The second-order valence-electron chi connectivity index (χ2n) is 6.54. The number of carbonyl (C=O) groups excluding carboxylic acids is 1. The second-order valence-corrected chi connectivity index (χ2v) is 9.25. The summed E-state index contributed by atoms with van der Waals surface area (Å²) in [5.74, 6) is -0.888. The number of hydrogen-bond donors (Lipinski definition) is 1. The molecule has 3 aromatic rings. The third-order valence-corrected chi connectivity index (χ3v) is 6.67. The van der Waals surface area contributed by atoms with Crippen molar-refractivity contribution < 1.29 is 26.4 Å². The normalized spacial score (nSPS) is 11.8. The van der Waals surface area contributed by atoms with E-state index in [0.717, 1.165) is 16.4 Å². The fourth-order valence-electron chi connectivity index (χ4n) is 2.76. The van der Waals surface area contributed by atoms with Crippen LogP contribution in [0.4, 0.5) is 24.5 Å². The molecule has 0 bridgehead atoms. The summed E-state index contributed by atoms with van der Waals surface area (Å²) in [5.41, 5.74) is -1.16. The Labute approximate surface area is 192 Å². The highest BCUT2D eigenvalue weighted by atomic mass is 35.5. The van der Waals surface area contributed by atoms with E-state index < -0.39 is 34.2 Å². The van der Waals surface area contributed by atoms with Gasteiger partial charge in [-0.2, -0.15) is 13.2 Å². The van der Waals surface area contributed by atoms with Crippen LogP contribution in [-0.4, -0.2) is 20.9 Å². The first kappa shape index (κ1) is 23.9. The van der Waals surface area contributed by atoms with Gasteiger partial charge < -0.3 is 5.32 Å². The Bertz CT molecular complexity index is 1220. The minimum Gasteiger partial charge on any atom is -0.323 e. The number of halogens is 5. The van der Waals surface area contributed by atoms with Crippen LogP contribution in [-0.2, 0) is 21.0 Å². The lowest BCUT2D eigenvalue weighted by Gasteiger charge is -2.24. The maximum absolute atomic E-state index is 13.2. The first-order valence-corrected chi connectivity index (χ1v) is 11.2. The number of amides is 1. The van der Waals surface area contributed by atoms with Gasteiger partial charge in [0.1, 0.15) is 6.54 Å². The molecule has 3 rings (SSSR count). The lowest BCUT2D eigenvalue weighted by Crippen LogP contribution is -2.38. The van der Waals surface area contributed by atoms with Crippen LogP contribution in [0.15, 0.2) is 77.7 Å². The Hall–Kier alpha value is -2.75. The summed E-state index contributed by atoms with van der Waals surface area (Å²) < 4.78 is 66.2. The minimum absolute atomic E-state index is 0.0696. The molecule has 32 heavy (non-hydrogen) atoms. The lowest BCUT2D eigenvalue weighted by atomic mass is 10.2. The molecule has 0 unspecified atom stereocenters. The number of carbonyl (C=O) groups is 1. The fraction of sp³-hybridized carbons (Fsp3) is 0.0952. The quantitative estimate of drug-likeness (QED) is 0.459. The van der Waals surface area contributed by atoms with Crippen LogP contribution in [0.25, 0.3) is 0 Å². The molecule has 168 valence electrons. The van der Waals surface area contributed by atoms with Crippen LogP contribution >= 0.6 is 23.2 Å². The third-order valence-electron chi connectivity index (χ3n) is 4.30. The first-order valence-electron chi connectivity index (χ1n) is 8.98. The van der Waals surface area contributed by atoms with Gasteiger partial charge in [-0.3, -0.25) is 9.10 Å². The molecule has 0 aromatic heterocycles. The molecule has 0 radical (unpaired) electrons. The zero-order chi connectivity index (χ0) is 23.5. The molecular formula is C21H15Cl2F3N2O3S. The summed E-state index contributed by atoms with van der Waals surface area (Å²) in [6, 6.07) is 15.6. The van der Waals surface area contributed by atoms with Crippen LogP contribution < -0.4 is 9.62 Å². The number of alkyl halides is 3. The first-order chi connectivity index (χ1) is 15.0. The van der Waals surface area contributed by atoms with Crippen LogP contribution in [0.1, 0.15) is 5.56 Å². The zero-order valence-electron chi connectivity index (χ0n) is 16.1. The number of benzene rings is 3. The molecule has 11 heteroatoms. The number of anilines is 2. The monoisotopic (exact) mass is 502 g/mol. The smallest absolute Gasteiger partial charge is 0.323 e. The van der Waals surface area contributed by atoms with E-state index >= 15 is 0 Å². The highest BCUT2D eigenvalue weighted by Crippen LogP contribution is 2.34. The van der Waals surface area contributed by atoms with E-state index in [2.05, 4.69) is 5.32 Å². The molecule has 0 saturated heterocycles. The van der Waals surface area contributed by atoms with Gasteiger partial charge in [0, 0.05) is 5.02 Å². The van der Waals surface area contributed by atoms with Crippen molar-refractivity contribution in [2.45, 2.75) is 11.1 Å². The standard InChI is InChI=1S/C21H15Cl2F3N2O3S/c22-15-7-9-16(10-8-15)28(32(30,31)17-4-2-1-3-5-17)13-20(29)27-19-12-14(21(24,25)26)6-11-18(19)23/h1-12H,13H2,(H,27,29). The van der Waals surface area contributed by atoms with E-state index in [1.165, 1.54) is 48.5 Å². The Balaban J connectivity index is 1.94. The lowest BCUT2D eigenvalue weighted by molar-refractivity contribution is -0.137. The van der Waals surface area contributed by atoms with E-state index in [4.69, 9.17) is 23.2 Å². The average molecular weight is 503 g/mol. The molecular weight excluding hydrogens is 488 g/mol. The zero-order valence-corrected chi connectivity index (χ0v) is 18.4. The number of nitrogens with zero attached hydrogens (tertiary/aromatic N) is 1. The molecule has 0 atom stereocenters. The van der Waals surface area contributed by atoms with Gasteiger partial charge in [-0.25, -0.2) is 8.42 Å². The number of sulfonamides is 1. The highest BCUT2D eigenvalue weighted by Gasteiger charge is 2.32. The van der Waals surface area contributed by atoms with Gasteiger partial charge in [-0.15, -0.1) is 0 Å². The SMILES string of the molecule is O=C(CN(c1ccc(Cl)cc1)S(=O)(=O)c1ccccc1)Nc1cc(C(F)(F)F)ccc1Cl. The van der Waals surface area contributed by atoms with Gasteiger partial charge >= 0.3 is 6.18 Å². The Kier molecular flexibility index (Phi) is 7.02.